The van der Waals surface area contributed by atoms with Crippen LogP contribution in [0.3, 0.4) is 0 Å². The number of amides is 1. The molecule has 1 amide bonds. The van der Waals surface area contributed by atoms with Gasteiger partial charge in [-0.15, -0.1) is 0 Å². The number of benzene rings is 1. The topological polar surface area (TPSA) is 55.4 Å². The molecule has 1 fully saturated rings. The molecular formula is C17H20F3NO3. The molecule has 1 aromatic carbocycles. The number of anilines is 1. The molecule has 0 aromatic heterocycles. The lowest BCUT2D eigenvalue weighted by Gasteiger charge is -2.15. The van der Waals surface area contributed by atoms with Gasteiger partial charge in [-0.25, -0.2) is 0 Å². The molecule has 0 saturated heterocycles. The smallest absolute Gasteiger partial charge is 0.416 e. The van der Waals surface area contributed by atoms with Gasteiger partial charge in [0.25, 0.3) is 5.91 Å². The van der Waals surface area contributed by atoms with E-state index in [4.69, 9.17) is 4.74 Å². The van der Waals surface area contributed by atoms with Crippen molar-refractivity contribution in [3.8, 4) is 0 Å². The Labute approximate surface area is 138 Å². The highest BCUT2D eigenvalue weighted by Gasteiger charge is 2.30. The van der Waals surface area contributed by atoms with Gasteiger partial charge in [0.2, 0.25) is 0 Å². The molecule has 1 saturated carbocycles. The summed E-state index contributed by atoms with van der Waals surface area (Å²) < 4.78 is 42.5. The Kier molecular flexibility index (Phi) is 5.85. The van der Waals surface area contributed by atoms with Gasteiger partial charge in [0.1, 0.15) is 0 Å². The van der Waals surface area contributed by atoms with Gasteiger partial charge in [-0.2, -0.15) is 13.2 Å². The van der Waals surface area contributed by atoms with Crippen molar-refractivity contribution in [3.63, 3.8) is 0 Å². The van der Waals surface area contributed by atoms with E-state index < -0.39 is 29.7 Å². The van der Waals surface area contributed by atoms with E-state index in [-0.39, 0.29) is 5.69 Å². The van der Waals surface area contributed by atoms with Crippen molar-refractivity contribution in [1.82, 2.24) is 0 Å². The normalized spacial score (nSPS) is 16.7. The lowest BCUT2D eigenvalue weighted by molar-refractivity contribution is -0.154. The molecule has 2 rings (SSSR count). The van der Waals surface area contributed by atoms with Crippen LogP contribution < -0.4 is 5.32 Å². The van der Waals surface area contributed by atoms with E-state index in [9.17, 15) is 22.8 Å². The molecule has 0 radical (unpaired) electrons. The summed E-state index contributed by atoms with van der Waals surface area (Å²) in [5, 5.41) is 2.44. The summed E-state index contributed by atoms with van der Waals surface area (Å²) in [7, 11) is 0. The summed E-state index contributed by atoms with van der Waals surface area (Å²) in [4.78, 5) is 23.8. The van der Waals surface area contributed by atoms with Crippen molar-refractivity contribution in [2.45, 2.75) is 51.3 Å². The fourth-order valence-corrected chi connectivity index (χ4v) is 2.74. The maximum absolute atomic E-state index is 12.5. The van der Waals surface area contributed by atoms with E-state index in [0.717, 1.165) is 49.9 Å². The first-order valence-electron chi connectivity index (χ1n) is 7.93. The second-order valence-electron chi connectivity index (χ2n) is 6.05. The predicted octanol–water partition coefficient (Wildman–Crippen LogP) is 4.16. The van der Waals surface area contributed by atoms with Crippen molar-refractivity contribution in [2.24, 2.45) is 5.92 Å². The molecular weight excluding hydrogens is 323 g/mol. The number of esters is 1. The summed E-state index contributed by atoms with van der Waals surface area (Å²) in [5.41, 5.74) is -0.580. The minimum absolute atomic E-state index is 0.215. The van der Waals surface area contributed by atoms with Crippen LogP contribution in [0, 0.1) is 5.92 Å². The Balaban J connectivity index is 1.83. The average molecular weight is 343 g/mol. The van der Waals surface area contributed by atoms with E-state index in [0.29, 0.717) is 12.3 Å². The Morgan fingerprint density at radius 2 is 1.79 bits per heavy atom. The minimum atomic E-state index is -4.43. The zero-order valence-corrected chi connectivity index (χ0v) is 13.4. The molecule has 7 heteroatoms. The zero-order chi connectivity index (χ0) is 17.7. The summed E-state index contributed by atoms with van der Waals surface area (Å²) >= 11 is 0. The average Bonchev–Trinajstić information content (AvgIpc) is 2.99. The molecule has 0 heterocycles. The predicted molar refractivity (Wildman–Crippen MR) is 82.2 cm³/mol. The van der Waals surface area contributed by atoms with Crippen LogP contribution >= 0.6 is 0 Å². The first-order chi connectivity index (χ1) is 11.3. The first kappa shape index (κ1) is 18.3. The van der Waals surface area contributed by atoms with E-state index in [1.165, 1.54) is 6.92 Å². The molecule has 1 aromatic rings. The molecule has 24 heavy (non-hydrogen) atoms. The van der Waals surface area contributed by atoms with Crippen LogP contribution in [0.4, 0.5) is 18.9 Å². The number of nitrogens with one attached hydrogen (secondary N) is 1. The van der Waals surface area contributed by atoms with Gasteiger partial charge in [-0.1, -0.05) is 12.8 Å². The second kappa shape index (κ2) is 7.68. The molecule has 1 aliphatic rings. The number of hydrogen-bond donors (Lipinski definition) is 1. The molecule has 1 atom stereocenters. The van der Waals surface area contributed by atoms with Gasteiger partial charge in [-0.05, 0) is 49.9 Å². The number of carbonyl (C=O) groups is 2. The molecule has 4 nitrogen and oxygen atoms in total. The fraction of sp³-hybridized carbons (Fsp3) is 0.529. The lowest BCUT2D eigenvalue weighted by atomic mass is 10.0. The number of alkyl halides is 3. The maximum Gasteiger partial charge on any atom is 0.416 e. The van der Waals surface area contributed by atoms with Crippen molar-refractivity contribution in [1.29, 1.82) is 0 Å². The van der Waals surface area contributed by atoms with Crippen molar-refractivity contribution < 1.29 is 27.5 Å². The first-order valence-corrected chi connectivity index (χ1v) is 7.93. The van der Waals surface area contributed by atoms with Crippen molar-refractivity contribution in [3.05, 3.63) is 29.8 Å². The summed E-state index contributed by atoms with van der Waals surface area (Å²) in [5.74, 6) is -0.672. The number of carbonyl (C=O) groups excluding carboxylic acids is 2. The van der Waals surface area contributed by atoms with Gasteiger partial charge in [-0.3, -0.25) is 9.59 Å². The van der Waals surface area contributed by atoms with Crippen LogP contribution in [-0.2, 0) is 20.5 Å². The Hall–Kier alpha value is -2.05. The Morgan fingerprint density at radius 1 is 1.21 bits per heavy atom. The third kappa shape index (κ3) is 5.25. The van der Waals surface area contributed by atoms with Gasteiger partial charge in [0.05, 0.1) is 5.56 Å². The SMILES string of the molecule is C[C@H](OC(=O)CC1CCCC1)C(=O)Nc1ccc(C(F)(F)F)cc1. The number of hydrogen-bond acceptors (Lipinski definition) is 3. The van der Waals surface area contributed by atoms with Gasteiger partial charge >= 0.3 is 12.1 Å². The van der Waals surface area contributed by atoms with Crippen molar-refractivity contribution >= 4 is 17.6 Å². The van der Waals surface area contributed by atoms with Gasteiger partial charge in [0.15, 0.2) is 6.10 Å². The zero-order valence-electron chi connectivity index (χ0n) is 13.4. The monoisotopic (exact) mass is 343 g/mol. The molecule has 1 N–H and O–H groups in total. The Bertz CT molecular complexity index is 578. The van der Waals surface area contributed by atoms with Crippen LogP contribution in [0.2, 0.25) is 0 Å². The van der Waals surface area contributed by atoms with Crippen LogP contribution in [0.1, 0.15) is 44.6 Å². The van der Waals surface area contributed by atoms with Gasteiger partial charge in [0, 0.05) is 12.1 Å². The third-order valence-corrected chi connectivity index (χ3v) is 4.09. The molecule has 0 bridgehead atoms. The van der Waals surface area contributed by atoms with Crippen molar-refractivity contribution in [2.75, 3.05) is 5.32 Å². The van der Waals surface area contributed by atoms with E-state index in [1.54, 1.807) is 0 Å². The Morgan fingerprint density at radius 3 is 2.33 bits per heavy atom. The van der Waals surface area contributed by atoms with Crippen LogP contribution in [0.15, 0.2) is 24.3 Å². The van der Waals surface area contributed by atoms with Crippen LogP contribution in [0.25, 0.3) is 0 Å². The largest absolute Gasteiger partial charge is 0.453 e. The van der Waals surface area contributed by atoms with E-state index in [1.807, 2.05) is 0 Å². The molecule has 132 valence electrons. The maximum atomic E-state index is 12.5. The van der Waals surface area contributed by atoms with Crippen LogP contribution in [-0.4, -0.2) is 18.0 Å². The quantitative estimate of drug-likeness (QED) is 0.817. The molecule has 1 aliphatic carbocycles. The molecule has 0 unspecified atom stereocenters. The number of halogens is 3. The molecule has 0 spiro atoms. The third-order valence-electron chi connectivity index (χ3n) is 4.09. The van der Waals surface area contributed by atoms with Crippen LogP contribution in [0.5, 0.6) is 0 Å². The van der Waals surface area contributed by atoms with E-state index >= 15 is 0 Å². The highest BCUT2D eigenvalue weighted by molar-refractivity contribution is 5.95. The van der Waals surface area contributed by atoms with E-state index in [2.05, 4.69) is 5.32 Å². The second-order valence-corrected chi connectivity index (χ2v) is 6.05. The van der Waals surface area contributed by atoms with Gasteiger partial charge < -0.3 is 10.1 Å². The minimum Gasteiger partial charge on any atom is -0.453 e. The highest BCUT2D eigenvalue weighted by atomic mass is 19.4. The summed E-state index contributed by atoms with van der Waals surface area (Å²) in [6, 6.07) is 4.08. The highest BCUT2D eigenvalue weighted by Crippen LogP contribution is 2.30. The standard InChI is InChI=1S/C17H20F3NO3/c1-11(24-15(22)10-12-4-2-3-5-12)16(23)21-14-8-6-13(7-9-14)17(18,19)20/h6-9,11-12H,2-5,10H2,1H3,(H,21,23)/t11-/m0/s1. The molecule has 0 aliphatic heterocycles. The fourth-order valence-electron chi connectivity index (χ4n) is 2.74. The lowest BCUT2D eigenvalue weighted by Crippen LogP contribution is -2.30. The summed E-state index contributed by atoms with van der Waals surface area (Å²) in [6.07, 6.45) is -0.892. The number of ether oxygens (including phenoxy) is 1. The summed E-state index contributed by atoms with van der Waals surface area (Å²) in [6.45, 7) is 1.44. The number of rotatable bonds is 5.